The number of rotatable bonds is 5. The second kappa shape index (κ2) is 6.53. The van der Waals surface area contributed by atoms with Crippen molar-refractivity contribution in [3.05, 3.63) is 34.3 Å². The van der Waals surface area contributed by atoms with Gasteiger partial charge in [0.25, 0.3) is 0 Å². The summed E-state index contributed by atoms with van der Waals surface area (Å²) in [6.45, 7) is 5.06. The van der Waals surface area contributed by atoms with E-state index in [9.17, 15) is 0 Å². The monoisotopic (exact) mass is 297 g/mol. The largest absolute Gasteiger partial charge is 0.381 e. The van der Waals surface area contributed by atoms with Gasteiger partial charge in [0.05, 0.1) is 6.61 Å². The van der Waals surface area contributed by atoms with Gasteiger partial charge in [-0.15, -0.1) is 0 Å². The molecule has 1 aromatic carbocycles. The molecule has 3 heteroatoms. The molecule has 1 aliphatic heterocycles. The number of benzene rings is 1. The Labute approximate surface area is 112 Å². The maximum atomic E-state index is 5.52. The van der Waals surface area contributed by atoms with Gasteiger partial charge in [0, 0.05) is 23.0 Å². The molecule has 17 heavy (non-hydrogen) atoms. The van der Waals surface area contributed by atoms with E-state index in [-0.39, 0.29) is 0 Å². The molecule has 2 unspecified atom stereocenters. The van der Waals surface area contributed by atoms with Gasteiger partial charge in [0.2, 0.25) is 0 Å². The van der Waals surface area contributed by atoms with Gasteiger partial charge in [0.1, 0.15) is 0 Å². The molecule has 2 atom stereocenters. The summed E-state index contributed by atoms with van der Waals surface area (Å²) >= 11 is 3.55. The first-order chi connectivity index (χ1) is 8.31. The van der Waals surface area contributed by atoms with E-state index >= 15 is 0 Å². The van der Waals surface area contributed by atoms with Crippen molar-refractivity contribution in [1.29, 1.82) is 0 Å². The molecular formula is C14H20BrNO. The van der Waals surface area contributed by atoms with Crippen LogP contribution in [-0.4, -0.2) is 19.8 Å². The molecule has 1 N–H and O–H groups in total. The van der Waals surface area contributed by atoms with Gasteiger partial charge < -0.3 is 10.1 Å². The summed E-state index contributed by atoms with van der Waals surface area (Å²) in [7, 11) is 0. The zero-order valence-corrected chi connectivity index (χ0v) is 11.9. The Balaban J connectivity index is 2.13. The van der Waals surface area contributed by atoms with E-state index in [2.05, 4.69) is 52.4 Å². The fourth-order valence-corrected chi connectivity index (χ4v) is 2.79. The van der Waals surface area contributed by atoms with Gasteiger partial charge in [-0.2, -0.15) is 0 Å². The van der Waals surface area contributed by atoms with E-state index in [1.54, 1.807) is 0 Å². The highest BCUT2D eigenvalue weighted by Crippen LogP contribution is 2.30. The summed E-state index contributed by atoms with van der Waals surface area (Å²) in [5, 5.41) is 3.65. The van der Waals surface area contributed by atoms with Crippen molar-refractivity contribution in [1.82, 2.24) is 5.32 Å². The fourth-order valence-electron chi connectivity index (χ4n) is 2.37. The van der Waals surface area contributed by atoms with Crippen LogP contribution >= 0.6 is 15.9 Å². The third-order valence-electron chi connectivity index (χ3n) is 3.26. The number of hydrogen-bond donors (Lipinski definition) is 1. The van der Waals surface area contributed by atoms with Crippen LogP contribution in [0.25, 0.3) is 0 Å². The topological polar surface area (TPSA) is 21.3 Å². The molecular weight excluding hydrogens is 278 g/mol. The third kappa shape index (κ3) is 3.54. The van der Waals surface area contributed by atoms with E-state index in [0.717, 1.165) is 37.1 Å². The first-order valence-corrected chi connectivity index (χ1v) is 7.17. The fraction of sp³-hybridized carbons (Fsp3) is 0.571. The second-order valence-electron chi connectivity index (χ2n) is 4.61. The van der Waals surface area contributed by atoms with E-state index in [1.807, 2.05) is 0 Å². The van der Waals surface area contributed by atoms with Gasteiger partial charge in [-0.05, 0) is 37.1 Å². The Bertz CT molecular complexity index is 350. The average molecular weight is 298 g/mol. The minimum atomic E-state index is 0.426. The first-order valence-electron chi connectivity index (χ1n) is 6.38. The van der Waals surface area contributed by atoms with E-state index in [0.29, 0.717) is 12.0 Å². The molecule has 0 bridgehead atoms. The smallest absolute Gasteiger partial charge is 0.0513 e. The van der Waals surface area contributed by atoms with E-state index < -0.39 is 0 Å². The van der Waals surface area contributed by atoms with Crippen molar-refractivity contribution >= 4 is 15.9 Å². The van der Waals surface area contributed by atoms with Crippen LogP contribution < -0.4 is 5.32 Å². The molecule has 1 aromatic rings. The van der Waals surface area contributed by atoms with Crippen LogP contribution in [0.2, 0.25) is 0 Å². The van der Waals surface area contributed by atoms with Gasteiger partial charge in [-0.1, -0.05) is 35.0 Å². The Morgan fingerprint density at radius 3 is 3.06 bits per heavy atom. The molecule has 0 aromatic heterocycles. The standard InChI is InChI=1S/C14H20BrNO/c1-2-7-16-14(12-6-8-17-10-12)11-4-3-5-13(15)9-11/h3-5,9,12,14,16H,2,6-8,10H2,1H3. The maximum absolute atomic E-state index is 5.52. The predicted molar refractivity (Wildman–Crippen MR) is 74.1 cm³/mol. The summed E-state index contributed by atoms with van der Waals surface area (Å²) in [6, 6.07) is 9.03. The quantitative estimate of drug-likeness (QED) is 0.898. The molecule has 0 amide bonds. The molecule has 2 rings (SSSR count). The average Bonchev–Trinajstić information content (AvgIpc) is 2.83. The minimum absolute atomic E-state index is 0.426. The van der Waals surface area contributed by atoms with Gasteiger partial charge in [-0.25, -0.2) is 0 Å². The van der Waals surface area contributed by atoms with Crippen LogP contribution in [0.3, 0.4) is 0 Å². The summed E-state index contributed by atoms with van der Waals surface area (Å²) in [4.78, 5) is 0. The Hall–Kier alpha value is -0.380. The van der Waals surface area contributed by atoms with Crippen molar-refractivity contribution in [2.75, 3.05) is 19.8 Å². The Morgan fingerprint density at radius 2 is 2.41 bits per heavy atom. The Kier molecular flexibility index (Phi) is 5.01. The summed E-state index contributed by atoms with van der Waals surface area (Å²) < 4.78 is 6.67. The molecule has 1 saturated heterocycles. The normalized spacial score (nSPS) is 21.6. The highest BCUT2D eigenvalue weighted by Gasteiger charge is 2.26. The Morgan fingerprint density at radius 1 is 1.53 bits per heavy atom. The van der Waals surface area contributed by atoms with Crippen LogP contribution in [0.5, 0.6) is 0 Å². The van der Waals surface area contributed by atoms with Gasteiger partial charge >= 0.3 is 0 Å². The maximum Gasteiger partial charge on any atom is 0.0513 e. The summed E-state index contributed by atoms with van der Waals surface area (Å²) in [5.41, 5.74) is 1.36. The van der Waals surface area contributed by atoms with Crippen LogP contribution in [0, 0.1) is 5.92 Å². The summed E-state index contributed by atoms with van der Waals surface area (Å²) in [5.74, 6) is 0.607. The molecule has 2 nitrogen and oxygen atoms in total. The lowest BCUT2D eigenvalue weighted by Crippen LogP contribution is -2.29. The van der Waals surface area contributed by atoms with E-state index in [1.165, 1.54) is 5.56 Å². The molecule has 0 aliphatic carbocycles. The van der Waals surface area contributed by atoms with Crippen molar-refractivity contribution < 1.29 is 4.74 Å². The van der Waals surface area contributed by atoms with Gasteiger partial charge in [-0.3, -0.25) is 0 Å². The molecule has 1 fully saturated rings. The first kappa shape index (κ1) is 13.1. The molecule has 0 radical (unpaired) electrons. The van der Waals surface area contributed by atoms with Crippen molar-refractivity contribution in [2.45, 2.75) is 25.8 Å². The third-order valence-corrected chi connectivity index (χ3v) is 3.75. The number of nitrogens with one attached hydrogen (secondary N) is 1. The number of halogens is 1. The molecule has 1 aliphatic rings. The van der Waals surface area contributed by atoms with Crippen molar-refractivity contribution in [3.8, 4) is 0 Å². The van der Waals surface area contributed by atoms with E-state index in [4.69, 9.17) is 4.74 Å². The lowest BCUT2D eigenvalue weighted by atomic mass is 9.92. The van der Waals surface area contributed by atoms with Crippen LogP contribution in [0.1, 0.15) is 31.4 Å². The van der Waals surface area contributed by atoms with Crippen molar-refractivity contribution in [3.63, 3.8) is 0 Å². The zero-order valence-electron chi connectivity index (χ0n) is 10.3. The SMILES string of the molecule is CCCNC(c1cccc(Br)c1)C1CCOC1. The van der Waals surface area contributed by atoms with Crippen molar-refractivity contribution in [2.24, 2.45) is 5.92 Å². The van der Waals surface area contributed by atoms with Crippen LogP contribution in [0.4, 0.5) is 0 Å². The molecule has 0 saturated carbocycles. The second-order valence-corrected chi connectivity index (χ2v) is 5.53. The zero-order chi connectivity index (χ0) is 12.1. The van der Waals surface area contributed by atoms with Crippen LogP contribution in [-0.2, 0) is 4.74 Å². The number of ether oxygens (including phenoxy) is 1. The highest BCUT2D eigenvalue weighted by atomic mass is 79.9. The predicted octanol–water partition coefficient (Wildman–Crippen LogP) is 3.53. The molecule has 94 valence electrons. The van der Waals surface area contributed by atoms with Crippen LogP contribution in [0.15, 0.2) is 28.7 Å². The van der Waals surface area contributed by atoms with Gasteiger partial charge in [0.15, 0.2) is 0 Å². The lowest BCUT2D eigenvalue weighted by Gasteiger charge is -2.24. The molecule has 0 spiro atoms. The highest BCUT2D eigenvalue weighted by molar-refractivity contribution is 9.10. The minimum Gasteiger partial charge on any atom is -0.381 e. The number of hydrogen-bond acceptors (Lipinski definition) is 2. The summed E-state index contributed by atoms with van der Waals surface area (Å²) in [6.07, 6.45) is 2.33. The molecule has 1 heterocycles. The lowest BCUT2D eigenvalue weighted by molar-refractivity contribution is 0.176.